The summed E-state index contributed by atoms with van der Waals surface area (Å²) in [5.41, 5.74) is -1.71. The van der Waals surface area contributed by atoms with E-state index >= 15 is 0 Å². The molecular formula is C31H45F3O3. The molecule has 11 atom stereocenters. The zero-order valence-electron chi connectivity index (χ0n) is 22.6. The molecule has 6 heteroatoms. The third-order valence-electron chi connectivity index (χ3n) is 12.2. The molecule has 1 aromatic rings. The van der Waals surface area contributed by atoms with Crippen molar-refractivity contribution in [3.8, 4) is 0 Å². The van der Waals surface area contributed by atoms with Gasteiger partial charge in [0.15, 0.2) is 5.60 Å². The van der Waals surface area contributed by atoms with Gasteiger partial charge in [-0.1, -0.05) is 51.1 Å². The molecule has 0 spiro atoms. The Hall–Kier alpha value is -1.11. The minimum absolute atomic E-state index is 0.0732. The first kappa shape index (κ1) is 27.5. The van der Waals surface area contributed by atoms with Crippen molar-refractivity contribution in [2.75, 3.05) is 0 Å². The fourth-order valence-electron chi connectivity index (χ4n) is 9.93. The maximum absolute atomic E-state index is 13.6. The zero-order valence-corrected chi connectivity index (χ0v) is 22.6. The fourth-order valence-corrected chi connectivity index (χ4v) is 9.93. The van der Waals surface area contributed by atoms with Gasteiger partial charge in [-0.05, 0) is 110 Å². The van der Waals surface area contributed by atoms with Gasteiger partial charge in [0.25, 0.3) is 0 Å². The number of halogens is 3. The molecule has 0 saturated heterocycles. The standard InChI is InChI=1S/C31H45F3O3/c1-19(26(35)17-27(36)20-7-5-4-6-8-20)23-11-12-24-22-10-9-21-18-30(37,31(32,33)34)16-15-28(21,2)25(22)13-14-29(23,24)3/h4-8,19,21-27,35-37H,9-18H2,1-3H3/t19-,21-,22-,23+,24-,25-,26+,27+,28-,29+,30-/m0/s1. The predicted molar refractivity (Wildman–Crippen MR) is 137 cm³/mol. The van der Waals surface area contributed by atoms with Gasteiger partial charge in [-0.15, -0.1) is 0 Å². The second-order valence-electron chi connectivity index (χ2n) is 13.7. The second-order valence-corrected chi connectivity index (χ2v) is 13.7. The third-order valence-corrected chi connectivity index (χ3v) is 12.2. The molecule has 0 aliphatic heterocycles. The quantitative estimate of drug-likeness (QED) is 0.388. The number of aliphatic hydroxyl groups excluding tert-OH is 2. The van der Waals surface area contributed by atoms with Crippen LogP contribution in [-0.4, -0.2) is 33.2 Å². The Bertz CT molecular complexity index is 953. The molecule has 1 aromatic carbocycles. The van der Waals surface area contributed by atoms with E-state index in [-0.39, 0.29) is 35.5 Å². The summed E-state index contributed by atoms with van der Waals surface area (Å²) in [5.74, 6) is 1.85. The summed E-state index contributed by atoms with van der Waals surface area (Å²) < 4.78 is 40.9. The van der Waals surface area contributed by atoms with Crippen molar-refractivity contribution in [3.05, 3.63) is 35.9 Å². The van der Waals surface area contributed by atoms with E-state index in [9.17, 15) is 28.5 Å². The molecule has 4 fully saturated rings. The molecule has 3 nitrogen and oxygen atoms in total. The van der Waals surface area contributed by atoms with E-state index in [4.69, 9.17) is 0 Å². The van der Waals surface area contributed by atoms with Crippen molar-refractivity contribution < 1.29 is 28.5 Å². The molecule has 5 rings (SSSR count). The molecule has 0 heterocycles. The van der Waals surface area contributed by atoms with Crippen molar-refractivity contribution in [2.45, 2.75) is 109 Å². The third kappa shape index (κ3) is 4.47. The summed E-state index contributed by atoms with van der Waals surface area (Å²) in [6, 6.07) is 9.52. The first-order chi connectivity index (χ1) is 17.3. The molecule has 0 amide bonds. The fraction of sp³-hybridized carbons (Fsp3) is 0.806. The first-order valence-corrected chi connectivity index (χ1v) is 14.5. The van der Waals surface area contributed by atoms with Crippen LogP contribution >= 0.6 is 0 Å². The largest absolute Gasteiger partial charge is 0.417 e. The van der Waals surface area contributed by atoms with Gasteiger partial charge in [-0.3, -0.25) is 0 Å². The van der Waals surface area contributed by atoms with Crippen LogP contribution in [0.4, 0.5) is 13.2 Å². The Labute approximate surface area is 219 Å². The topological polar surface area (TPSA) is 60.7 Å². The molecule has 4 saturated carbocycles. The zero-order chi connectivity index (χ0) is 26.8. The first-order valence-electron chi connectivity index (χ1n) is 14.5. The monoisotopic (exact) mass is 522 g/mol. The lowest BCUT2D eigenvalue weighted by molar-refractivity contribution is -0.290. The molecule has 37 heavy (non-hydrogen) atoms. The number of alkyl halides is 3. The van der Waals surface area contributed by atoms with Crippen molar-refractivity contribution in [1.29, 1.82) is 0 Å². The van der Waals surface area contributed by atoms with E-state index in [2.05, 4.69) is 20.8 Å². The summed E-state index contributed by atoms with van der Waals surface area (Å²) in [6.45, 7) is 6.76. The number of benzene rings is 1. The van der Waals surface area contributed by atoms with Gasteiger partial charge in [0.1, 0.15) is 0 Å². The molecule has 4 aliphatic carbocycles. The van der Waals surface area contributed by atoms with Crippen LogP contribution in [-0.2, 0) is 0 Å². The summed E-state index contributed by atoms with van der Waals surface area (Å²) in [4.78, 5) is 0. The highest BCUT2D eigenvalue weighted by atomic mass is 19.4. The number of hydrogen-bond acceptors (Lipinski definition) is 3. The van der Waals surface area contributed by atoms with Crippen LogP contribution in [0.25, 0.3) is 0 Å². The van der Waals surface area contributed by atoms with Crippen LogP contribution < -0.4 is 0 Å². The average Bonchev–Trinajstić information content (AvgIpc) is 3.21. The van der Waals surface area contributed by atoms with Gasteiger partial charge in [-0.25, -0.2) is 0 Å². The van der Waals surface area contributed by atoms with E-state index in [0.717, 1.165) is 44.1 Å². The highest BCUT2D eigenvalue weighted by Gasteiger charge is 2.65. The van der Waals surface area contributed by atoms with E-state index in [1.807, 2.05) is 30.3 Å². The summed E-state index contributed by atoms with van der Waals surface area (Å²) in [5, 5.41) is 32.4. The minimum Gasteiger partial charge on any atom is -0.393 e. The van der Waals surface area contributed by atoms with Gasteiger partial charge in [-0.2, -0.15) is 13.2 Å². The molecule has 208 valence electrons. The van der Waals surface area contributed by atoms with Gasteiger partial charge in [0.2, 0.25) is 0 Å². The molecule has 3 N–H and O–H groups in total. The number of aliphatic hydroxyl groups is 3. The second kappa shape index (κ2) is 9.52. The van der Waals surface area contributed by atoms with Crippen molar-refractivity contribution in [1.82, 2.24) is 0 Å². The smallest absolute Gasteiger partial charge is 0.393 e. The maximum atomic E-state index is 13.6. The van der Waals surface area contributed by atoms with Crippen molar-refractivity contribution in [2.24, 2.45) is 46.3 Å². The van der Waals surface area contributed by atoms with E-state index in [0.29, 0.717) is 36.5 Å². The average molecular weight is 523 g/mol. The van der Waals surface area contributed by atoms with Crippen LogP contribution in [0.2, 0.25) is 0 Å². The molecule has 0 aromatic heterocycles. The van der Waals surface area contributed by atoms with Crippen LogP contribution in [0, 0.1) is 46.3 Å². The lowest BCUT2D eigenvalue weighted by Gasteiger charge is -2.62. The van der Waals surface area contributed by atoms with Gasteiger partial charge in [0.05, 0.1) is 12.2 Å². The van der Waals surface area contributed by atoms with Gasteiger partial charge in [0, 0.05) is 6.42 Å². The summed E-state index contributed by atoms with van der Waals surface area (Å²) >= 11 is 0. The Morgan fingerprint density at radius 2 is 1.57 bits per heavy atom. The number of fused-ring (bicyclic) bond motifs is 5. The summed E-state index contributed by atoms with van der Waals surface area (Å²) in [7, 11) is 0. The lowest BCUT2D eigenvalue weighted by atomic mass is 9.43. The van der Waals surface area contributed by atoms with E-state index < -0.39 is 24.0 Å². The Morgan fingerprint density at radius 3 is 2.24 bits per heavy atom. The van der Waals surface area contributed by atoms with E-state index in [1.165, 1.54) is 0 Å². The highest BCUT2D eigenvalue weighted by molar-refractivity contribution is 5.18. The van der Waals surface area contributed by atoms with Crippen molar-refractivity contribution in [3.63, 3.8) is 0 Å². The molecule has 0 unspecified atom stereocenters. The van der Waals surface area contributed by atoms with Crippen molar-refractivity contribution >= 4 is 0 Å². The van der Waals surface area contributed by atoms with Crippen LogP contribution in [0.1, 0.15) is 96.6 Å². The minimum atomic E-state index is -4.56. The Balaban J connectivity index is 1.28. The Morgan fingerprint density at radius 1 is 0.892 bits per heavy atom. The predicted octanol–water partition coefficient (Wildman–Crippen LogP) is 7.06. The SMILES string of the molecule is C[C@H]([C@H](O)C[C@@H](O)c1ccccc1)[C@H]1CC[C@H]2[C@@H]3CC[C@H]4C[C@](O)(C(F)(F)F)CC[C@]4(C)[C@H]3CC[C@]12C. The van der Waals surface area contributed by atoms with Gasteiger partial charge >= 0.3 is 6.18 Å². The maximum Gasteiger partial charge on any atom is 0.417 e. The normalized spacial score (nSPS) is 44.3. The van der Waals surface area contributed by atoms with Gasteiger partial charge < -0.3 is 15.3 Å². The van der Waals surface area contributed by atoms with E-state index in [1.54, 1.807) is 0 Å². The molecule has 4 aliphatic rings. The number of rotatable bonds is 5. The summed E-state index contributed by atoms with van der Waals surface area (Å²) in [6.07, 6.45) is 0.629. The Kier molecular flexibility index (Phi) is 7.06. The van der Waals surface area contributed by atoms with Crippen LogP contribution in [0.3, 0.4) is 0 Å². The highest BCUT2D eigenvalue weighted by Crippen LogP contribution is 2.69. The van der Waals surface area contributed by atoms with Crippen LogP contribution in [0.15, 0.2) is 30.3 Å². The molecule has 0 bridgehead atoms. The molecular weight excluding hydrogens is 477 g/mol. The molecule has 0 radical (unpaired) electrons. The number of hydrogen-bond donors (Lipinski definition) is 3. The lowest BCUT2D eigenvalue weighted by Crippen LogP contribution is -2.59. The van der Waals surface area contributed by atoms with Crippen LogP contribution in [0.5, 0.6) is 0 Å².